The zero-order chi connectivity index (χ0) is 36.1. The SMILES string of the molecule is Cc1cc(N2c3ccccc3[Te]c3ccc(Oc4cccc(N5CN(c6ccccc6C(C)(C)C)c6ccccc65)c4)cc32)ncc1-c1ccccc1. The van der Waals surface area contributed by atoms with Crippen LogP contribution in [0, 0.1) is 6.92 Å². The summed E-state index contributed by atoms with van der Waals surface area (Å²) < 4.78 is 9.48. The molecule has 0 saturated carbocycles. The van der Waals surface area contributed by atoms with Gasteiger partial charge in [-0.2, -0.15) is 0 Å². The van der Waals surface area contributed by atoms with Gasteiger partial charge in [0.2, 0.25) is 0 Å². The second kappa shape index (κ2) is 13.5. The fraction of sp³-hybridized carbons (Fsp3) is 0.128. The summed E-state index contributed by atoms with van der Waals surface area (Å²) in [6, 6.07) is 54.0. The van der Waals surface area contributed by atoms with Crippen LogP contribution in [0.4, 0.5) is 39.9 Å². The van der Waals surface area contributed by atoms with Gasteiger partial charge in [-0.25, -0.2) is 0 Å². The van der Waals surface area contributed by atoms with Crippen LogP contribution in [0.3, 0.4) is 0 Å². The quantitative estimate of drug-likeness (QED) is 0.156. The summed E-state index contributed by atoms with van der Waals surface area (Å²) in [5.41, 5.74) is 11.9. The van der Waals surface area contributed by atoms with E-state index >= 15 is 0 Å². The fourth-order valence-electron chi connectivity index (χ4n) is 7.46. The van der Waals surface area contributed by atoms with Crippen molar-refractivity contribution in [3.8, 4) is 22.6 Å². The first-order chi connectivity index (χ1) is 25.8. The van der Waals surface area contributed by atoms with Crippen molar-refractivity contribution in [2.24, 2.45) is 0 Å². The zero-order valence-electron chi connectivity index (χ0n) is 30.3. The molecular formula is C47H40N4OTe. The average Bonchev–Trinajstić information content (AvgIpc) is 3.57. The summed E-state index contributed by atoms with van der Waals surface area (Å²) in [5, 5.41) is 0. The van der Waals surface area contributed by atoms with Gasteiger partial charge < -0.3 is 0 Å². The molecule has 0 fully saturated rings. The Bertz CT molecular complexity index is 2470. The maximum atomic E-state index is 6.71. The van der Waals surface area contributed by atoms with Crippen LogP contribution in [0.5, 0.6) is 11.5 Å². The van der Waals surface area contributed by atoms with E-state index in [1.54, 1.807) is 0 Å². The van der Waals surface area contributed by atoms with Crippen molar-refractivity contribution in [3.63, 3.8) is 0 Å². The third-order valence-corrected chi connectivity index (χ3v) is 13.2. The molecule has 6 aromatic carbocycles. The molecule has 260 valence electrons. The molecule has 7 aromatic rings. The normalized spacial score (nSPS) is 13.4. The van der Waals surface area contributed by atoms with E-state index in [9.17, 15) is 0 Å². The van der Waals surface area contributed by atoms with Gasteiger partial charge in [-0.1, -0.05) is 45.0 Å². The second-order valence-corrected chi connectivity index (χ2v) is 17.7. The van der Waals surface area contributed by atoms with E-state index in [0.29, 0.717) is 6.67 Å². The van der Waals surface area contributed by atoms with Crippen LogP contribution in [0.25, 0.3) is 11.1 Å². The fourth-order valence-corrected chi connectivity index (χ4v) is 10.4. The Labute approximate surface area is 322 Å². The van der Waals surface area contributed by atoms with Crippen LogP contribution in [0.2, 0.25) is 0 Å². The van der Waals surface area contributed by atoms with Crippen molar-refractivity contribution in [3.05, 3.63) is 169 Å². The van der Waals surface area contributed by atoms with E-state index in [-0.39, 0.29) is 5.41 Å². The van der Waals surface area contributed by atoms with Gasteiger partial charge in [0.25, 0.3) is 0 Å². The Kier molecular flexibility index (Phi) is 8.46. The predicted molar refractivity (Wildman–Crippen MR) is 221 cm³/mol. The van der Waals surface area contributed by atoms with Crippen LogP contribution in [0.15, 0.2) is 158 Å². The molecular weight excluding hydrogens is 764 g/mol. The first-order valence-electron chi connectivity index (χ1n) is 18.1. The van der Waals surface area contributed by atoms with Crippen molar-refractivity contribution in [2.45, 2.75) is 33.1 Å². The Morgan fingerprint density at radius 3 is 2.02 bits per heavy atom. The van der Waals surface area contributed by atoms with Gasteiger partial charge in [0, 0.05) is 0 Å². The van der Waals surface area contributed by atoms with Gasteiger partial charge in [-0.3, -0.25) is 0 Å². The van der Waals surface area contributed by atoms with Gasteiger partial charge in [0.05, 0.1) is 0 Å². The van der Waals surface area contributed by atoms with Crippen LogP contribution in [-0.2, 0) is 5.41 Å². The molecule has 0 bridgehead atoms. The zero-order valence-corrected chi connectivity index (χ0v) is 32.7. The van der Waals surface area contributed by atoms with Gasteiger partial charge in [0.15, 0.2) is 0 Å². The maximum absolute atomic E-state index is 6.71. The first kappa shape index (κ1) is 33.3. The summed E-state index contributed by atoms with van der Waals surface area (Å²) in [4.78, 5) is 12.2. The standard InChI is InChI=1S/C47H40N4OTe/c1-32-27-46(48-30-37(32)33-15-6-5-7-16-33)51-42-23-12-13-24-44(42)53-45-26-25-36(29-43(45)51)52-35-18-14-17-34(28-35)49-31-50(41-22-11-10-21-40(41)49)39-20-9-8-19-38(39)47(2,3)4/h5-30H,31H2,1-4H3. The number of pyridine rings is 1. The molecule has 0 unspecified atom stereocenters. The van der Waals surface area contributed by atoms with E-state index < -0.39 is 20.9 Å². The summed E-state index contributed by atoms with van der Waals surface area (Å²) in [5.74, 6) is 2.51. The van der Waals surface area contributed by atoms with Crippen molar-refractivity contribution < 1.29 is 4.74 Å². The molecule has 0 radical (unpaired) electrons. The van der Waals surface area contributed by atoms with Gasteiger partial charge in [-0.15, -0.1) is 0 Å². The topological polar surface area (TPSA) is 31.8 Å². The van der Waals surface area contributed by atoms with Crippen LogP contribution < -0.4 is 26.7 Å². The molecule has 53 heavy (non-hydrogen) atoms. The minimum absolute atomic E-state index is 0.0160. The molecule has 1 aromatic heterocycles. The monoisotopic (exact) mass is 806 g/mol. The second-order valence-electron chi connectivity index (χ2n) is 14.6. The molecule has 9 rings (SSSR count). The van der Waals surface area contributed by atoms with Crippen LogP contribution >= 0.6 is 0 Å². The molecule has 0 saturated heterocycles. The molecule has 0 atom stereocenters. The van der Waals surface area contributed by atoms with Crippen molar-refractivity contribution in [2.75, 3.05) is 21.4 Å². The number of ether oxygens (including phenoxy) is 1. The van der Waals surface area contributed by atoms with Gasteiger partial charge >= 0.3 is 262 Å². The third kappa shape index (κ3) is 6.23. The number of fused-ring (bicyclic) bond motifs is 3. The Morgan fingerprint density at radius 1 is 0.585 bits per heavy atom. The first-order valence-corrected chi connectivity index (χ1v) is 20.4. The molecule has 0 aliphatic carbocycles. The number of rotatable bonds is 6. The van der Waals surface area contributed by atoms with E-state index in [2.05, 4.69) is 188 Å². The summed E-state index contributed by atoms with van der Waals surface area (Å²) >= 11 is -0.598. The van der Waals surface area contributed by atoms with E-state index in [4.69, 9.17) is 9.72 Å². The number of benzene rings is 6. The Morgan fingerprint density at radius 2 is 1.25 bits per heavy atom. The van der Waals surface area contributed by atoms with E-state index in [0.717, 1.165) is 34.3 Å². The van der Waals surface area contributed by atoms with Crippen molar-refractivity contribution >= 4 is 68.1 Å². The summed E-state index contributed by atoms with van der Waals surface area (Å²) in [7, 11) is 0. The number of aryl methyl sites for hydroxylation is 1. The van der Waals surface area contributed by atoms with Crippen LogP contribution in [-0.4, -0.2) is 32.6 Å². The molecule has 2 aliphatic heterocycles. The Balaban J connectivity index is 1.04. The summed E-state index contributed by atoms with van der Waals surface area (Å²) in [6.45, 7) is 9.74. The van der Waals surface area contributed by atoms with E-state index in [1.165, 1.54) is 46.7 Å². The van der Waals surface area contributed by atoms with Crippen molar-refractivity contribution in [1.29, 1.82) is 0 Å². The number of aromatic nitrogens is 1. The molecule has 0 spiro atoms. The number of para-hydroxylation sites is 4. The molecule has 3 heterocycles. The third-order valence-electron chi connectivity index (χ3n) is 10.0. The predicted octanol–water partition coefficient (Wildman–Crippen LogP) is 10.8. The minimum atomic E-state index is -0.598. The summed E-state index contributed by atoms with van der Waals surface area (Å²) in [6.07, 6.45) is 2.01. The molecule has 0 amide bonds. The molecule has 0 N–H and O–H groups in total. The number of nitrogens with zero attached hydrogens (tertiary/aromatic N) is 4. The van der Waals surface area contributed by atoms with Crippen LogP contribution in [0.1, 0.15) is 31.9 Å². The van der Waals surface area contributed by atoms with Gasteiger partial charge in [0.1, 0.15) is 0 Å². The molecule has 6 heteroatoms. The van der Waals surface area contributed by atoms with Crippen molar-refractivity contribution in [1.82, 2.24) is 4.98 Å². The molecule has 2 aliphatic rings. The van der Waals surface area contributed by atoms with E-state index in [1.807, 2.05) is 12.3 Å². The Hall–Kier alpha value is -5.54. The van der Waals surface area contributed by atoms with Gasteiger partial charge in [-0.05, 0) is 17.0 Å². The number of hydrogen-bond donors (Lipinski definition) is 0. The number of hydrogen-bond acceptors (Lipinski definition) is 5. The average molecular weight is 804 g/mol. The molecule has 5 nitrogen and oxygen atoms in total. The number of anilines is 7.